The summed E-state index contributed by atoms with van der Waals surface area (Å²) in [6, 6.07) is 18.4. The summed E-state index contributed by atoms with van der Waals surface area (Å²) < 4.78 is 19.0. The molecule has 0 aliphatic carbocycles. The normalized spacial score (nSPS) is 10.6. The lowest BCUT2D eigenvalue weighted by atomic mass is 9.98. The van der Waals surface area contributed by atoms with Crippen molar-refractivity contribution in [1.82, 2.24) is 4.90 Å². The molecule has 3 aromatic rings. The van der Waals surface area contributed by atoms with Crippen molar-refractivity contribution in [2.24, 2.45) is 0 Å². The predicted molar refractivity (Wildman–Crippen MR) is 111 cm³/mol. The lowest BCUT2D eigenvalue weighted by Crippen LogP contribution is -2.27. The van der Waals surface area contributed by atoms with E-state index in [-0.39, 0.29) is 11.7 Å². The van der Waals surface area contributed by atoms with Gasteiger partial charge < -0.3 is 9.64 Å². The summed E-state index contributed by atoms with van der Waals surface area (Å²) in [5.74, 6) is 0.675. The van der Waals surface area contributed by atoms with Crippen LogP contribution in [-0.2, 0) is 0 Å². The van der Waals surface area contributed by atoms with Gasteiger partial charge in [-0.1, -0.05) is 30.7 Å². The van der Waals surface area contributed by atoms with E-state index in [0.717, 1.165) is 17.5 Å². The fourth-order valence-electron chi connectivity index (χ4n) is 2.95. The second-order valence-electron chi connectivity index (χ2n) is 6.50. The predicted octanol–water partition coefficient (Wildman–Crippen LogP) is 6.42. The Morgan fingerprint density at radius 3 is 2.43 bits per heavy atom. The van der Waals surface area contributed by atoms with Crippen LogP contribution < -0.4 is 4.74 Å². The Morgan fingerprint density at radius 2 is 1.75 bits per heavy atom. The number of carbonyl (C=O) groups excluding carboxylic acids is 1. The number of carbonyl (C=O) groups is 1. The Kier molecular flexibility index (Phi) is 6.32. The van der Waals surface area contributed by atoms with E-state index < -0.39 is 0 Å². The molecular formula is C23H21ClFNO2. The number of ether oxygens (including phenoxy) is 1. The van der Waals surface area contributed by atoms with Gasteiger partial charge in [0.05, 0.1) is 0 Å². The molecule has 144 valence electrons. The van der Waals surface area contributed by atoms with Gasteiger partial charge in [-0.2, -0.15) is 0 Å². The third-order valence-electron chi connectivity index (χ3n) is 4.31. The van der Waals surface area contributed by atoms with Gasteiger partial charge in [-0.3, -0.25) is 4.79 Å². The summed E-state index contributed by atoms with van der Waals surface area (Å²) in [6.07, 6.45) is 0.875. The van der Waals surface area contributed by atoms with Crippen molar-refractivity contribution in [2.75, 3.05) is 13.6 Å². The molecule has 0 spiro atoms. The largest absolute Gasteiger partial charge is 0.457 e. The van der Waals surface area contributed by atoms with E-state index in [1.54, 1.807) is 42.3 Å². The van der Waals surface area contributed by atoms with Gasteiger partial charge in [-0.25, -0.2) is 4.39 Å². The quantitative estimate of drug-likeness (QED) is 0.480. The highest BCUT2D eigenvalue weighted by molar-refractivity contribution is 6.30. The van der Waals surface area contributed by atoms with Gasteiger partial charge in [0.25, 0.3) is 5.91 Å². The molecule has 3 nitrogen and oxygen atoms in total. The first-order valence-electron chi connectivity index (χ1n) is 9.07. The Bertz CT molecular complexity index is 973. The Balaban J connectivity index is 2.02. The average molecular weight is 398 g/mol. The molecule has 5 heteroatoms. The summed E-state index contributed by atoms with van der Waals surface area (Å²) in [5.41, 5.74) is 2.13. The molecule has 0 aliphatic rings. The molecule has 0 fully saturated rings. The molecule has 3 rings (SSSR count). The van der Waals surface area contributed by atoms with Gasteiger partial charge >= 0.3 is 0 Å². The summed E-state index contributed by atoms with van der Waals surface area (Å²) in [7, 11) is 1.79. The molecule has 1 amide bonds. The minimum Gasteiger partial charge on any atom is -0.457 e. The Morgan fingerprint density at radius 1 is 1.04 bits per heavy atom. The van der Waals surface area contributed by atoms with E-state index >= 15 is 0 Å². The highest BCUT2D eigenvalue weighted by Gasteiger charge is 2.18. The maximum absolute atomic E-state index is 13.1. The number of halogens is 2. The molecule has 0 saturated heterocycles. The van der Waals surface area contributed by atoms with Crippen LogP contribution in [0.2, 0.25) is 5.02 Å². The summed E-state index contributed by atoms with van der Waals surface area (Å²) in [6.45, 7) is 2.70. The number of benzene rings is 3. The monoisotopic (exact) mass is 397 g/mol. The van der Waals surface area contributed by atoms with E-state index in [1.807, 2.05) is 31.2 Å². The first-order valence-corrected chi connectivity index (χ1v) is 9.44. The topological polar surface area (TPSA) is 29.5 Å². The number of hydrogen-bond donors (Lipinski definition) is 0. The Labute approximate surface area is 169 Å². The summed E-state index contributed by atoms with van der Waals surface area (Å²) in [5, 5.41) is 0.586. The summed E-state index contributed by atoms with van der Waals surface area (Å²) in [4.78, 5) is 14.6. The number of rotatable bonds is 6. The molecule has 0 aliphatic heterocycles. The van der Waals surface area contributed by atoms with E-state index in [0.29, 0.717) is 28.6 Å². The van der Waals surface area contributed by atoms with E-state index in [4.69, 9.17) is 16.3 Å². The van der Waals surface area contributed by atoms with Gasteiger partial charge in [0.1, 0.15) is 17.3 Å². The number of amides is 1. The smallest absolute Gasteiger partial charge is 0.254 e. The van der Waals surface area contributed by atoms with E-state index in [1.165, 1.54) is 12.1 Å². The fraction of sp³-hybridized carbons (Fsp3) is 0.174. The molecule has 3 aromatic carbocycles. The SMILES string of the molecule is CCCN(C)C(=O)c1ccc(Oc2ccc(F)cc2)cc1-c1cccc(Cl)c1. The number of nitrogens with zero attached hydrogens (tertiary/aromatic N) is 1. The molecule has 0 saturated carbocycles. The molecule has 0 bridgehead atoms. The lowest BCUT2D eigenvalue weighted by molar-refractivity contribution is 0.0796. The average Bonchev–Trinajstić information content (AvgIpc) is 2.69. The molecule has 0 unspecified atom stereocenters. The van der Waals surface area contributed by atoms with Crippen molar-refractivity contribution in [1.29, 1.82) is 0 Å². The highest BCUT2D eigenvalue weighted by Crippen LogP contribution is 2.32. The Hall–Kier alpha value is -2.85. The minimum atomic E-state index is -0.327. The number of hydrogen-bond acceptors (Lipinski definition) is 2. The van der Waals surface area contributed by atoms with Gasteiger partial charge in [0, 0.05) is 24.2 Å². The fourth-order valence-corrected chi connectivity index (χ4v) is 3.14. The van der Waals surface area contributed by atoms with Crippen molar-refractivity contribution in [3.05, 3.63) is 83.1 Å². The van der Waals surface area contributed by atoms with Gasteiger partial charge in [-0.15, -0.1) is 0 Å². The van der Waals surface area contributed by atoms with Crippen LogP contribution in [0.4, 0.5) is 4.39 Å². The molecule has 0 aromatic heterocycles. The third-order valence-corrected chi connectivity index (χ3v) is 4.55. The highest BCUT2D eigenvalue weighted by atomic mass is 35.5. The maximum atomic E-state index is 13.1. The van der Waals surface area contributed by atoms with E-state index in [9.17, 15) is 9.18 Å². The first-order chi connectivity index (χ1) is 13.5. The minimum absolute atomic E-state index is 0.0647. The lowest BCUT2D eigenvalue weighted by Gasteiger charge is -2.19. The van der Waals surface area contributed by atoms with Crippen LogP contribution in [0.1, 0.15) is 23.7 Å². The van der Waals surface area contributed by atoms with E-state index in [2.05, 4.69) is 0 Å². The molecule has 0 radical (unpaired) electrons. The van der Waals surface area contributed by atoms with Crippen LogP contribution in [0.3, 0.4) is 0 Å². The molecule has 0 heterocycles. The maximum Gasteiger partial charge on any atom is 0.254 e. The zero-order valence-electron chi connectivity index (χ0n) is 15.8. The third kappa shape index (κ3) is 4.70. The molecule has 28 heavy (non-hydrogen) atoms. The molecule has 0 N–H and O–H groups in total. The standard InChI is InChI=1S/C23H21ClFNO2/c1-3-13-26(2)23(27)21-12-11-20(28-19-9-7-18(25)8-10-19)15-22(21)16-5-4-6-17(24)14-16/h4-12,14-15H,3,13H2,1-2H3. The molecule has 0 atom stereocenters. The van der Waals surface area contributed by atoms with Crippen LogP contribution in [0.5, 0.6) is 11.5 Å². The van der Waals surface area contributed by atoms with Crippen LogP contribution in [0.15, 0.2) is 66.7 Å². The second kappa shape index (κ2) is 8.89. The van der Waals surface area contributed by atoms with Crippen LogP contribution in [0.25, 0.3) is 11.1 Å². The van der Waals surface area contributed by atoms with Gasteiger partial charge in [-0.05, 0) is 72.1 Å². The van der Waals surface area contributed by atoms with Crippen molar-refractivity contribution < 1.29 is 13.9 Å². The zero-order chi connectivity index (χ0) is 20.1. The second-order valence-corrected chi connectivity index (χ2v) is 6.94. The van der Waals surface area contributed by atoms with Crippen molar-refractivity contribution in [2.45, 2.75) is 13.3 Å². The first kappa shape index (κ1) is 19.9. The van der Waals surface area contributed by atoms with Crippen LogP contribution in [0, 0.1) is 5.82 Å². The summed E-state index contributed by atoms with van der Waals surface area (Å²) >= 11 is 6.16. The molecular weight excluding hydrogens is 377 g/mol. The van der Waals surface area contributed by atoms with Gasteiger partial charge in [0.2, 0.25) is 0 Å². The zero-order valence-corrected chi connectivity index (χ0v) is 16.5. The van der Waals surface area contributed by atoms with Crippen molar-refractivity contribution in [3.8, 4) is 22.6 Å². The van der Waals surface area contributed by atoms with Gasteiger partial charge in [0.15, 0.2) is 0 Å². The van der Waals surface area contributed by atoms with Crippen LogP contribution in [-0.4, -0.2) is 24.4 Å². The van der Waals surface area contributed by atoms with Crippen LogP contribution >= 0.6 is 11.6 Å². The van der Waals surface area contributed by atoms with Crippen molar-refractivity contribution >= 4 is 17.5 Å². The van der Waals surface area contributed by atoms with Crippen molar-refractivity contribution in [3.63, 3.8) is 0 Å².